The van der Waals surface area contributed by atoms with Gasteiger partial charge in [0.15, 0.2) is 0 Å². The molecular weight excluding hydrogens is 180 g/mol. The first kappa shape index (κ1) is 11.0. The van der Waals surface area contributed by atoms with Gasteiger partial charge in [-0.05, 0) is 29.7 Å². The van der Waals surface area contributed by atoms with E-state index in [1.54, 1.807) is 18.2 Å². The van der Waals surface area contributed by atoms with E-state index in [9.17, 15) is 0 Å². The molecule has 14 heavy (non-hydrogen) atoms. The second kappa shape index (κ2) is 5.62. The molecule has 0 aliphatic rings. The molecule has 3 nitrogen and oxygen atoms in total. The fraction of sp³-hybridized carbons (Fsp3) is 0.455. The fourth-order valence-corrected chi connectivity index (χ4v) is 1.21. The largest absolute Gasteiger partial charge is 0.494 e. The Labute approximate surface area is 84.0 Å². The van der Waals surface area contributed by atoms with E-state index < -0.39 is 0 Å². The molecule has 0 aromatic heterocycles. The van der Waals surface area contributed by atoms with Crippen LogP contribution < -0.4 is 4.74 Å². The molecule has 0 aliphatic carbocycles. The number of hydrogen-bond donors (Lipinski definition) is 2. The lowest BCUT2D eigenvalue weighted by Crippen LogP contribution is -1.98. The molecule has 0 atom stereocenters. The predicted octanol–water partition coefficient (Wildman–Crippen LogP) is 1.46. The van der Waals surface area contributed by atoms with Crippen LogP contribution in [0.5, 0.6) is 5.75 Å². The maximum absolute atomic E-state index is 9.03. The van der Waals surface area contributed by atoms with E-state index >= 15 is 0 Å². The molecule has 0 saturated carbocycles. The molecule has 3 heteroatoms. The zero-order chi connectivity index (χ0) is 10.4. The average molecular weight is 196 g/mol. The third-order valence-corrected chi connectivity index (χ3v) is 1.99. The second-order valence-corrected chi connectivity index (χ2v) is 3.10. The molecular formula is C11H16O3. The highest BCUT2D eigenvalue weighted by Gasteiger charge is 2.02. The highest BCUT2D eigenvalue weighted by Crippen LogP contribution is 2.18. The van der Waals surface area contributed by atoms with Crippen molar-refractivity contribution in [2.24, 2.45) is 0 Å². The molecule has 78 valence electrons. The van der Waals surface area contributed by atoms with Crippen LogP contribution in [-0.4, -0.2) is 16.8 Å². The SMILES string of the molecule is CCCOc1ccc(CO)c(CO)c1. The van der Waals surface area contributed by atoms with Crippen molar-refractivity contribution < 1.29 is 14.9 Å². The first-order valence-electron chi connectivity index (χ1n) is 4.78. The highest BCUT2D eigenvalue weighted by atomic mass is 16.5. The van der Waals surface area contributed by atoms with Crippen LogP contribution in [0.1, 0.15) is 24.5 Å². The summed E-state index contributed by atoms with van der Waals surface area (Å²) in [5.41, 5.74) is 1.47. The molecule has 0 fully saturated rings. The lowest BCUT2D eigenvalue weighted by atomic mass is 10.1. The Hall–Kier alpha value is -1.06. The Morgan fingerprint density at radius 1 is 1.14 bits per heavy atom. The molecule has 0 radical (unpaired) electrons. The first-order chi connectivity index (χ1) is 6.81. The van der Waals surface area contributed by atoms with Crippen LogP contribution in [-0.2, 0) is 13.2 Å². The van der Waals surface area contributed by atoms with Crippen LogP contribution >= 0.6 is 0 Å². The molecule has 0 heterocycles. The third kappa shape index (κ3) is 2.72. The van der Waals surface area contributed by atoms with Crippen molar-refractivity contribution in [1.82, 2.24) is 0 Å². The molecule has 0 spiro atoms. The molecule has 0 aliphatic heterocycles. The summed E-state index contributed by atoms with van der Waals surface area (Å²) in [6.45, 7) is 2.58. The van der Waals surface area contributed by atoms with Crippen LogP contribution in [0.25, 0.3) is 0 Å². The molecule has 0 bridgehead atoms. The maximum Gasteiger partial charge on any atom is 0.119 e. The number of rotatable bonds is 5. The summed E-state index contributed by atoms with van der Waals surface area (Å²) in [6, 6.07) is 5.35. The fourth-order valence-electron chi connectivity index (χ4n) is 1.21. The monoisotopic (exact) mass is 196 g/mol. The van der Waals surface area contributed by atoms with Crippen LogP contribution in [0.15, 0.2) is 18.2 Å². The summed E-state index contributed by atoms with van der Waals surface area (Å²) in [4.78, 5) is 0. The minimum atomic E-state index is -0.0702. The quantitative estimate of drug-likeness (QED) is 0.749. The topological polar surface area (TPSA) is 49.7 Å². The number of aliphatic hydroxyl groups is 2. The van der Waals surface area contributed by atoms with Crippen molar-refractivity contribution in [1.29, 1.82) is 0 Å². The Kier molecular flexibility index (Phi) is 4.43. The maximum atomic E-state index is 9.03. The zero-order valence-corrected chi connectivity index (χ0v) is 8.36. The van der Waals surface area contributed by atoms with E-state index in [1.807, 2.05) is 6.92 Å². The Balaban J connectivity index is 2.79. The molecule has 2 N–H and O–H groups in total. The lowest BCUT2D eigenvalue weighted by Gasteiger charge is -2.08. The van der Waals surface area contributed by atoms with E-state index in [4.69, 9.17) is 14.9 Å². The summed E-state index contributed by atoms with van der Waals surface area (Å²) in [5.74, 6) is 0.744. The number of hydrogen-bond acceptors (Lipinski definition) is 3. The van der Waals surface area contributed by atoms with Gasteiger partial charge in [-0.3, -0.25) is 0 Å². The predicted molar refractivity (Wildman–Crippen MR) is 54.1 cm³/mol. The molecule has 1 aromatic rings. The number of ether oxygens (including phenoxy) is 1. The van der Waals surface area contributed by atoms with Crippen LogP contribution in [0.2, 0.25) is 0 Å². The Morgan fingerprint density at radius 2 is 1.86 bits per heavy atom. The van der Waals surface area contributed by atoms with Crippen LogP contribution in [0.3, 0.4) is 0 Å². The average Bonchev–Trinajstić information content (AvgIpc) is 2.25. The summed E-state index contributed by atoms with van der Waals surface area (Å²) in [6.07, 6.45) is 0.955. The zero-order valence-electron chi connectivity index (χ0n) is 8.36. The van der Waals surface area contributed by atoms with Crippen LogP contribution in [0.4, 0.5) is 0 Å². The van der Waals surface area contributed by atoms with Gasteiger partial charge in [-0.2, -0.15) is 0 Å². The van der Waals surface area contributed by atoms with E-state index in [0.717, 1.165) is 23.3 Å². The number of benzene rings is 1. The molecule has 0 amide bonds. The summed E-state index contributed by atoms with van der Waals surface area (Å²) >= 11 is 0. The summed E-state index contributed by atoms with van der Waals surface area (Å²) in [7, 11) is 0. The van der Waals surface area contributed by atoms with Gasteiger partial charge in [0.1, 0.15) is 5.75 Å². The minimum absolute atomic E-state index is 0.0516. The van der Waals surface area contributed by atoms with Gasteiger partial charge < -0.3 is 14.9 Å². The van der Waals surface area contributed by atoms with Gasteiger partial charge in [0.25, 0.3) is 0 Å². The molecule has 0 saturated heterocycles. The summed E-state index contributed by atoms with van der Waals surface area (Å²) in [5, 5.41) is 18.0. The Morgan fingerprint density at radius 3 is 2.43 bits per heavy atom. The van der Waals surface area contributed by atoms with Gasteiger partial charge in [0, 0.05) is 0 Å². The molecule has 1 rings (SSSR count). The van der Waals surface area contributed by atoms with Crippen molar-refractivity contribution in [2.75, 3.05) is 6.61 Å². The van der Waals surface area contributed by atoms with E-state index in [0.29, 0.717) is 6.61 Å². The van der Waals surface area contributed by atoms with Crippen molar-refractivity contribution >= 4 is 0 Å². The smallest absolute Gasteiger partial charge is 0.119 e. The highest BCUT2D eigenvalue weighted by molar-refractivity contribution is 5.34. The van der Waals surface area contributed by atoms with Gasteiger partial charge in [-0.1, -0.05) is 13.0 Å². The normalized spacial score (nSPS) is 10.2. The summed E-state index contributed by atoms with van der Waals surface area (Å²) < 4.78 is 5.40. The van der Waals surface area contributed by atoms with Gasteiger partial charge >= 0.3 is 0 Å². The third-order valence-electron chi connectivity index (χ3n) is 1.99. The van der Waals surface area contributed by atoms with E-state index in [1.165, 1.54) is 0 Å². The van der Waals surface area contributed by atoms with Crippen molar-refractivity contribution in [2.45, 2.75) is 26.6 Å². The van der Waals surface area contributed by atoms with Gasteiger partial charge in [-0.15, -0.1) is 0 Å². The van der Waals surface area contributed by atoms with Gasteiger partial charge in [0.2, 0.25) is 0 Å². The minimum Gasteiger partial charge on any atom is -0.494 e. The second-order valence-electron chi connectivity index (χ2n) is 3.10. The number of aliphatic hydroxyl groups excluding tert-OH is 2. The van der Waals surface area contributed by atoms with E-state index in [2.05, 4.69) is 0 Å². The van der Waals surface area contributed by atoms with Gasteiger partial charge in [-0.25, -0.2) is 0 Å². The van der Waals surface area contributed by atoms with E-state index in [-0.39, 0.29) is 13.2 Å². The Bertz CT molecular complexity index is 284. The molecule has 0 unspecified atom stereocenters. The molecule has 1 aromatic carbocycles. The van der Waals surface area contributed by atoms with Crippen molar-refractivity contribution in [3.8, 4) is 5.75 Å². The van der Waals surface area contributed by atoms with Crippen molar-refractivity contribution in [3.63, 3.8) is 0 Å². The van der Waals surface area contributed by atoms with Gasteiger partial charge in [0.05, 0.1) is 19.8 Å². The lowest BCUT2D eigenvalue weighted by molar-refractivity contribution is 0.258. The van der Waals surface area contributed by atoms with Crippen molar-refractivity contribution in [3.05, 3.63) is 29.3 Å². The first-order valence-corrected chi connectivity index (χ1v) is 4.78. The van der Waals surface area contributed by atoms with Crippen LogP contribution in [0, 0.1) is 0 Å². The standard InChI is InChI=1S/C11H16O3/c1-2-5-14-11-4-3-9(7-12)10(6-11)8-13/h3-4,6,12-13H,2,5,7-8H2,1H3.